The van der Waals surface area contributed by atoms with Crippen LogP contribution in [0.5, 0.6) is 5.75 Å². The van der Waals surface area contributed by atoms with Gasteiger partial charge in [-0.2, -0.15) is 0 Å². The molecule has 0 aliphatic heterocycles. The van der Waals surface area contributed by atoms with Crippen LogP contribution in [0.15, 0.2) is 24.3 Å². The first kappa shape index (κ1) is 13.4. The number of carboxylic acids is 1. The van der Waals surface area contributed by atoms with E-state index in [1.165, 1.54) is 0 Å². The Balaban J connectivity index is 2.60. The van der Waals surface area contributed by atoms with Gasteiger partial charge < -0.3 is 15.2 Å². The number of hydrogen-bond donors (Lipinski definition) is 2. The van der Waals surface area contributed by atoms with Crippen LogP contribution in [0.4, 0.5) is 5.69 Å². The van der Waals surface area contributed by atoms with Gasteiger partial charge in [-0.25, -0.2) is 0 Å². The van der Waals surface area contributed by atoms with Crippen LogP contribution in [-0.2, 0) is 4.79 Å². The van der Waals surface area contributed by atoms with Crippen molar-refractivity contribution in [1.82, 2.24) is 0 Å². The van der Waals surface area contributed by atoms with Crippen molar-refractivity contribution in [2.24, 2.45) is 5.92 Å². The third-order valence-electron chi connectivity index (χ3n) is 2.37. The number of ether oxygens (including phenoxy) is 1. The van der Waals surface area contributed by atoms with E-state index in [0.717, 1.165) is 17.9 Å². The number of nitrogens with one attached hydrogen (secondary N) is 1. The van der Waals surface area contributed by atoms with Gasteiger partial charge in [0.15, 0.2) is 0 Å². The second-order valence-corrected chi connectivity index (χ2v) is 3.96. The van der Waals surface area contributed by atoms with Gasteiger partial charge in [-0.15, -0.1) is 0 Å². The third kappa shape index (κ3) is 4.34. The molecule has 0 fully saturated rings. The summed E-state index contributed by atoms with van der Waals surface area (Å²) in [5.74, 6) is -0.453. The van der Waals surface area contributed by atoms with Crippen molar-refractivity contribution in [3.63, 3.8) is 0 Å². The molecular formula is C13H19NO3. The SMILES string of the molecule is CCCOc1ccccc1NCC(C)C(=O)O. The molecule has 0 heterocycles. The van der Waals surface area contributed by atoms with Crippen molar-refractivity contribution in [3.8, 4) is 5.75 Å². The lowest BCUT2D eigenvalue weighted by Gasteiger charge is -2.14. The Kier molecular flexibility index (Phi) is 5.33. The van der Waals surface area contributed by atoms with E-state index in [4.69, 9.17) is 9.84 Å². The van der Waals surface area contributed by atoms with E-state index in [1.807, 2.05) is 31.2 Å². The molecule has 0 radical (unpaired) electrons. The van der Waals surface area contributed by atoms with Crippen LogP contribution in [0, 0.1) is 5.92 Å². The average Bonchev–Trinajstić information content (AvgIpc) is 2.34. The summed E-state index contributed by atoms with van der Waals surface area (Å²) in [4.78, 5) is 10.7. The van der Waals surface area contributed by atoms with Crippen molar-refractivity contribution in [3.05, 3.63) is 24.3 Å². The molecule has 0 aliphatic rings. The van der Waals surface area contributed by atoms with Crippen molar-refractivity contribution in [2.45, 2.75) is 20.3 Å². The third-order valence-corrected chi connectivity index (χ3v) is 2.37. The molecule has 4 heteroatoms. The number of anilines is 1. The fourth-order valence-electron chi connectivity index (χ4n) is 1.30. The molecule has 4 nitrogen and oxygen atoms in total. The van der Waals surface area contributed by atoms with Gasteiger partial charge in [0.1, 0.15) is 5.75 Å². The standard InChI is InChI=1S/C13H19NO3/c1-3-8-17-12-7-5-4-6-11(12)14-9-10(2)13(15)16/h4-7,10,14H,3,8-9H2,1-2H3,(H,15,16). The number of carbonyl (C=O) groups is 1. The van der Waals surface area contributed by atoms with Gasteiger partial charge in [-0.05, 0) is 18.6 Å². The molecule has 0 saturated carbocycles. The van der Waals surface area contributed by atoms with Crippen LogP contribution in [0.25, 0.3) is 0 Å². The summed E-state index contributed by atoms with van der Waals surface area (Å²) in [7, 11) is 0. The Labute approximate surface area is 102 Å². The molecule has 0 amide bonds. The van der Waals surface area contributed by atoms with Crippen molar-refractivity contribution < 1.29 is 14.6 Å². The summed E-state index contributed by atoms with van der Waals surface area (Å²) >= 11 is 0. The highest BCUT2D eigenvalue weighted by atomic mass is 16.5. The largest absolute Gasteiger partial charge is 0.491 e. The van der Waals surface area contributed by atoms with E-state index in [0.29, 0.717) is 13.2 Å². The van der Waals surface area contributed by atoms with E-state index >= 15 is 0 Å². The van der Waals surface area contributed by atoms with Crippen LogP contribution in [0.1, 0.15) is 20.3 Å². The summed E-state index contributed by atoms with van der Waals surface area (Å²) in [5, 5.41) is 11.9. The lowest BCUT2D eigenvalue weighted by Crippen LogP contribution is -2.19. The Morgan fingerprint density at radius 3 is 2.82 bits per heavy atom. The number of benzene rings is 1. The lowest BCUT2D eigenvalue weighted by atomic mass is 10.2. The van der Waals surface area contributed by atoms with E-state index in [1.54, 1.807) is 6.92 Å². The number of aliphatic carboxylic acids is 1. The second kappa shape index (κ2) is 6.78. The molecular weight excluding hydrogens is 218 g/mol. The van der Waals surface area contributed by atoms with Crippen LogP contribution < -0.4 is 10.1 Å². The minimum atomic E-state index is -0.801. The van der Waals surface area contributed by atoms with Gasteiger partial charge in [0, 0.05) is 6.54 Å². The van der Waals surface area contributed by atoms with Crippen LogP contribution in [0.3, 0.4) is 0 Å². The molecule has 1 rings (SSSR count). The van der Waals surface area contributed by atoms with Crippen LogP contribution in [0.2, 0.25) is 0 Å². The average molecular weight is 237 g/mol. The topological polar surface area (TPSA) is 58.6 Å². The van der Waals surface area contributed by atoms with E-state index in [2.05, 4.69) is 5.32 Å². The molecule has 0 spiro atoms. The lowest BCUT2D eigenvalue weighted by molar-refractivity contribution is -0.140. The zero-order valence-electron chi connectivity index (χ0n) is 10.3. The molecule has 1 aromatic carbocycles. The maximum atomic E-state index is 10.7. The zero-order valence-corrected chi connectivity index (χ0v) is 10.3. The first-order valence-corrected chi connectivity index (χ1v) is 5.83. The van der Waals surface area contributed by atoms with E-state index < -0.39 is 11.9 Å². The molecule has 0 aromatic heterocycles. The van der Waals surface area contributed by atoms with Gasteiger partial charge >= 0.3 is 5.97 Å². The summed E-state index contributed by atoms with van der Waals surface area (Å²) in [6.07, 6.45) is 0.944. The molecule has 1 unspecified atom stereocenters. The molecule has 0 saturated heterocycles. The molecule has 0 aliphatic carbocycles. The van der Waals surface area contributed by atoms with E-state index in [-0.39, 0.29) is 0 Å². The smallest absolute Gasteiger partial charge is 0.308 e. The monoisotopic (exact) mass is 237 g/mol. The number of carboxylic acid groups (broad SMARTS) is 1. The van der Waals surface area contributed by atoms with Crippen LogP contribution in [-0.4, -0.2) is 24.2 Å². The van der Waals surface area contributed by atoms with Crippen molar-refractivity contribution >= 4 is 11.7 Å². The molecule has 94 valence electrons. The molecule has 17 heavy (non-hydrogen) atoms. The second-order valence-electron chi connectivity index (χ2n) is 3.96. The van der Waals surface area contributed by atoms with Gasteiger partial charge in [0.05, 0.1) is 18.2 Å². The van der Waals surface area contributed by atoms with Crippen molar-refractivity contribution in [1.29, 1.82) is 0 Å². The maximum absolute atomic E-state index is 10.7. The maximum Gasteiger partial charge on any atom is 0.308 e. The fourth-order valence-corrected chi connectivity index (χ4v) is 1.30. The number of para-hydroxylation sites is 2. The highest BCUT2D eigenvalue weighted by Gasteiger charge is 2.11. The Morgan fingerprint density at radius 2 is 2.18 bits per heavy atom. The van der Waals surface area contributed by atoms with Gasteiger partial charge in [0.2, 0.25) is 0 Å². The number of hydrogen-bond acceptors (Lipinski definition) is 3. The molecule has 1 atom stereocenters. The molecule has 2 N–H and O–H groups in total. The summed E-state index contributed by atoms with van der Waals surface area (Å²) in [5.41, 5.74) is 0.842. The first-order valence-electron chi connectivity index (χ1n) is 5.83. The predicted molar refractivity (Wildman–Crippen MR) is 67.5 cm³/mol. The van der Waals surface area contributed by atoms with Crippen LogP contribution >= 0.6 is 0 Å². The Bertz CT molecular complexity index is 365. The molecule has 0 bridgehead atoms. The summed E-state index contributed by atoms with van der Waals surface area (Å²) < 4.78 is 5.57. The highest BCUT2D eigenvalue weighted by Crippen LogP contribution is 2.24. The van der Waals surface area contributed by atoms with Gasteiger partial charge in [-0.1, -0.05) is 26.0 Å². The predicted octanol–water partition coefficient (Wildman–Crippen LogP) is 2.61. The zero-order chi connectivity index (χ0) is 12.7. The first-order chi connectivity index (χ1) is 8.15. The Hall–Kier alpha value is -1.71. The minimum Gasteiger partial charge on any atom is -0.491 e. The molecule has 1 aromatic rings. The normalized spacial score (nSPS) is 11.9. The highest BCUT2D eigenvalue weighted by molar-refractivity contribution is 5.70. The minimum absolute atomic E-state index is 0.391. The summed E-state index contributed by atoms with van der Waals surface area (Å²) in [6, 6.07) is 7.56. The number of rotatable bonds is 7. The quantitative estimate of drug-likeness (QED) is 0.765. The fraction of sp³-hybridized carbons (Fsp3) is 0.462. The van der Waals surface area contributed by atoms with Gasteiger partial charge in [-0.3, -0.25) is 4.79 Å². The van der Waals surface area contributed by atoms with Crippen molar-refractivity contribution in [2.75, 3.05) is 18.5 Å². The summed E-state index contributed by atoms with van der Waals surface area (Å²) in [6.45, 7) is 4.77. The van der Waals surface area contributed by atoms with Gasteiger partial charge in [0.25, 0.3) is 0 Å². The van der Waals surface area contributed by atoms with E-state index in [9.17, 15) is 4.79 Å². The Morgan fingerprint density at radius 1 is 1.47 bits per heavy atom.